The fraction of sp³-hybridized carbons (Fsp3) is 0.385. The van der Waals surface area contributed by atoms with E-state index in [0.717, 1.165) is 11.3 Å². The van der Waals surface area contributed by atoms with Crippen molar-refractivity contribution >= 4 is 11.8 Å². The molecule has 0 saturated carbocycles. The summed E-state index contributed by atoms with van der Waals surface area (Å²) in [5.41, 5.74) is 3.55. The van der Waals surface area contributed by atoms with E-state index in [0.29, 0.717) is 7.18 Å². The third-order valence-electron chi connectivity index (χ3n) is 1.70. The number of halogens is 1. The van der Waals surface area contributed by atoms with Gasteiger partial charge in [0, 0.05) is 12.7 Å². The van der Waals surface area contributed by atoms with E-state index in [-0.39, 0.29) is 0 Å². The van der Waals surface area contributed by atoms with Crippen molar-refractivity contribution in [2.75, 3.05) is 19.5 Å². The lowest BCUT2D eigenvalue weighted by atomic mass is 10.1. The normalized spacial score (nSPS) is 7.60. The molecule has 0 bridgehead atoms. The molecular weight excluding hydrogens is 189 g/mol. The lowest BCUT2D eigenvalue weighted by Crippen LogP contribution is -1.91. The van der Waals surface area contributed by atoms with Crippen LogP contribution in [-0.4, -0.2) is 14.2 Å². The summed E-state index contributed by atoms with van der Waals surface area (Å²) in [7, 11) is 2.42. The largest absolute Gasteiger partial charge is 0.388 e. The van der Waals surface area contributed by atoms with Gasteiger partial charge < -0.3 is 5.32 Å². The van der Waals surface area contributed by atoms with Crippen LogP contribution >= 0.6 is 0 Å². The topological polar surface area (TPSA) is 12.0 Å². The van der Waals surface area contributed by atoms with Crippen molar-refractivity contribution in [3.63, 3.8) is 0 Å². The first-order valence-electron chi connectivity index (χ1n) is 5.06. The molecule has 86 valence electrons. The fourth-order valence-corrected chi connectivity index (χ4v) is 1.06. The molecule has 0 amide bonds. The average Bonchev–Trinajstić information content (AvgIpc) is 2.34. The highest BCUT2D eigenvalue weighted by molar-refractivity contribution is 5.66. The Morgan fingerprint density at radius 3 is 2.20 bits per heavy atom. The molecule has 0 spiro atoms. The third kappa shape index (κ3) is 5.89. The Labute approximate surface area is 93.0 Å². The standard InChI is InChI=1S/C10H13N.C2H6.CH3F/c1-4-9-6-5-8(2)7-10(9)11-3;2*1-2/h4-7,11H,1H2,2-3H3;1-2H3;1H3. The molecule has 2 heteroatoms. The molecule has 0 fully saturated rings. The zero-order valence-electron chi connectivity index (χ0n) is 10.4. The van der Waals surface area contributed by atoms with Gasteiger partial charge in [0.05, 0.1) is 7.18 Å². The number of aryl methyl sites for hydroxylation is 1. The third-order valence-corrected chi connectivity index (χ3v) is 1.70. The summed E-state index contributed by atoms with van der Waals surface area (Å²) in [6.45, 7) is 9.81. The first-order valence-corrected chi connectivity index (χ1v) is 5.06. The summed E-state index contributed by atoms with van der Waals surface area (Å²) in [5.74, 6) is 0. The molecule has 0 radical (unpaired) electrons. The molecule has 1 aromatic rings. The molecule has 0 unspecified atom stereocenters. The van der Waals surface area contributed by atoms with Gasteiger partial charge in [0.15, 0.2) is 0 Å². The summed E-state index contributed by atoms with van der Waals surface area (Å²) >= 11 is 0. The van der Waals surface area contributed by atoms with Crippen LogP contribution in [0.4, 0.5) is 10.1 Å². The zero-order chi connectivity index (χ0) is 12.3. The highest BCUT2D eigenvalue weighted by atomic mass is 19.1. The number of alkyl halides is 1. The Bertz CT molecular complexity index is 269. The number of nitrogens with one attached hydrogen (secondary N) is 1. The van der Waals surface area contributed by atoms with Gasteiger partial charge in [-0.3, -0.25) is 4.39 Å². The molecule has 0 heterocycles. The minimum absolute atomic E-state index is 0.500. The van der Waals surface area contributed by atoms with E-state index in [1.54, 1.807) is 0 Å². The second kappa shape index (κ2) is 10.8. The molecule has 0 aromatic heterocycles. The molecule has 1 rings (SSSR count). The molecule has 1 aromatic carbocycles. The van der Waals surface area contributed by atoms with Gasteiger partial charge in [0.25, 0.3) is 0 Å². The summed E-state index contributed by atoms with van der Waals surface area (Å²) in [5, 5.41) is 3.12. The van der Waals surface area contributed by atoms with Crippen molar-refractivity contribution in [2.24, 2.45) is 0 Å². The minimum atomic E-state index is 0.500. The van der Waals surface area contributed by atoms with Crippen LogP contribution in [0.15, 0.2) is 24.8 Å². The van der Waals surface area contributed by atoms with E-state index in [4.69, 9.17) is 0 Å². The first-order chi connectivity index (χ1) is 7.27. The van der Waals surface area contributed by atoms with Gasteiger partial charge in [-0.2, -0.15) is 0 Å². The number of anilines is 1. The lowest BCUT2D eigenvalue weighted by molar-refractivity contribution is 0.636. The molecule has 1 nitrogen and oxygen atoms in total. The van der Waals surface area contributed by atoms with Crippen LogP contribution in [0.1, 0.15) is 25.0 Å². The van der Waals surface area contributed by atoms with Gasteiger partial charge in [-0.05, 0) is 24.1 Å². The maximum Gasteiger partial charge on any atom is 0.0785 e. The second-order valence-corrected chi connectivity index (χ2v) is 2.54. The van der Waals surface area contributed by atoms with Crippen molar-refractivity contribution in [1.82, 2.24) is 0 Å². The summed E-state index contributed by atoms with van der Waals surface area (Å²) in [6, 6.07) is 6.25. The van der Waals surface area contributed by atoms with Gasteiger partial charge in [-0.1, -0.05) is 38.6 Å². The number of hydrogen-bond acceptors (Lipinski definition) is 1. The van der Waals surface area contributed by atoms with Crippen molar-refractivity contribution in [1.29, 1.82) is 0 Å². The highest BCUT2D eigenvalue weighted by Crippen LogP contribution is 2.17. The molecule has 0 saturated heterocycles. The molecule has 0 aliphatic heterocycles. The molecule has 1 N–H and O–H groups in total. The fourth-order valence-electron chi connectivity index (χ4n) is 1.06. The van der Waals surface area contributed by atoms with E-state index in [1.165, 1.54) is 5.56 Å². The van der Waals surface area contributed by atoms with Gasteiger partial charge in [-0.15, -0.1) is 0 Å². The van der Waals surface area contributed by atoms with Crippen LogP contribution < -0.4 is 5.32 Å². The molecule has 15 heavy (non-hydrogen) atoms. The van der Waals surface area contributed by atoms with Gasteiger partial charge >= 0.3 is 0 Å². The second-order valence-electron chi connectivity index (χ2n) is 2.54. The van der Waals surface area contributed by atoms with Crippen molar-refractivity contribution in [3.05, 3.63) is 35.9 Å². The maximum atomic E-state index is 9.50. The molecule has 0 aliphatic carbocycles. The van der Waals surface area contributed by atoms with Gasteiger partial charge in [0.2, 0.25) is 0 Å². The molecular formula is C13H22FN. The monoisotopic (exact) mass is 211 g/mol. The first kappa shape index (κ1) is 16.1. The summed E-state index contributed by atoms with van der Waals surface area (Å²) in [6.07, 6.45) is 1.85. The number of rotatable bonds is 2. The van der Waals surface area contributed by atoms with Crippen molar-refractivity contribution < 1.29 is 4.39 Å². The van der Waals surface area contributed by atoms with Crippen LogP contribution in [0.2, 0.25) is 0 Å². The quantitative estimate of drug-likeness (QED) is 0.769. The van der Waals surface area contributed by atoms with Gasteiger partial charge in [0.1, 0.15) is 0 Å². The van der Waals surface area contributed by atoms with Crippen molar-refractivity contribution in [2.45, 2.75) is 20.8 Å². The van der Waals surface area contributed by atoms with Crippen molar-refractivity contribution in [3.8, 4) is 0 Å². The average molecular weight is 211 g/mol. The van der Waals surface area contributed by atoms with E-state index in [9.17, 15) is 4.39 Å². The molecule has 0 aliphatic rings. The van der Waals surface area contributed by atoms with Crippen LogP contribution in [0.25, 0.3) is 6.08 Å². The Kier molecular flexibility index (Phi) is 11.6. The van der Waals surface area contributed by atoms with Crippen LogP contribution in [-0.2, 0) is 0 Å². The van der Waals surface area contributed by atoms with Crippen LogP contribution in [0.5, 0.6) is 0 Å². The highest BCUT2D eigenvalue weighted by Gasteiger charge is 1.94. The smallest absolute Gasteiger partial charge is 0.0785 e. The predicted molar refractivity (Wildman–Crippen MR) is 69.2 cm³/mol. The summed E-state index contributed by atoms with van der Waals surface area (Å²) in [4.78, 5) is 0. The lowest BCUT2D eigenvalue weighted by Gasteiger charge is -2.05. The van der Waals surface area contributed by atoms with Crippen LogP contribution in [0, 0.1) is 6.92 Å². The maximum absolute atomic E-state index is 9.50. The Morgan fingerprint density at radius 1 is 1.27 bits per heavy atom. The minimum Gasteiger partial charge on any atom is -0.388 e. The Hall–Kier alpha value is -1.31. The molecule has 0 atom stereocenters. The van der Waals surface area contributed by atoms with E-state index in [1.807, 2.05) is 27.0 Å². The van der Waals surface area contributed by atoms with E-state index < -0.39 is 0 Å². The number of benzene rings is 1. The Morgan fingerprint density at radius 2 is 1.80 bits per heavy atom. The summed E-state index contributed by atoms with van der Waals surface area (Å²) < 4.78 is 9.50. The zero-order valence-corrected chi connectivity index (χ0v) is 10.4. The van der Waals surface area contributed by atoms with E-state index in [2.05, 4.69) is 37.0 Å². The number of hydrogen-bond donors (Lipinski definition) is 1. The van der Waals surface area contributed by atoms with Gasteiger partial charge in [-0.25, -0.2) is 0 Å². The Balaban J connectivity index is 0. The SMILES string of the molecule is C=Cc1ccc(C)cc1NC.CC.CF. The van der Waals surface area contributed by atoms with E-state index >= 15 is 0 Å². The predicted octanol–water partition coefficient (Wildman–Crippen LogP) is 4.29. The van der Waals surface area contributed by atoms with Crippen LogP contribution in [0.3, 0.4) is 0 Å².